The van der Waals surface area contributed by atoms with Gasteiger partial charge in [0.25, 0.3) is 0 Å². The Labute approximate surface area is 171 Å². The summed E-state index contributed by atoms with van der Waals surface area (Å²) in [5, 5.41) is 13.7. The first-order valence-electron chi connectivity index (χ1n) is 9.83. The molecule has 2 aromatic rings. The van der Waals surface area contributed by atoms with Gasteiger partial charge in [0.15, 0.2) is 0 Å². The fraction of sp³-hybridized carbons (Fsp3) is 0.476. The Morgan fingerprint density at radius 3 is 2.62 bits per heavy atom. The monoisotopic (exact) mass is 399 g/mol. The van der Waals surface area contributed by atoms with E-state index in [-0.39, 0.29) is 24.9 Å². The Kier molecular flexibility index (Phi) is 6.53. The van der Waals surface area contributed by atoms with E-state index < -0.39 is 5.60 Å². The summed E-state index contributed by atoms with van der Waals surface area (Å²) in [4.78, 5) is 31.6. The van der Waals surface area contributed by atoms with Crippen molar-refractivity contribution >= 4 is 11.9 Å². The van der Waals surface area contributed by atoms with E-state index in [1.165, 1.54) is 4.90 Å². The molecule has 1 atom stereocenters. The fourth-order valence-corrected chi connectivity index (χ4v) is 3.51. The normalized spacial score (nSPS) is 19.1. The van der Waals surface area contributed by atoms with Crippen LogP contribution in [-0.4, -0.2) is 69.2 Å². The molecule has 1 aromatic heterocycles. The molecule has 2 heterocycles. The average molecular weight is 399 g/mol. The standard InChI is InChI=1S/C21H29N5O3/c1-24(2)19(27)12-21(29)8-3-10-26(15-21)20(28)23-13-17-4-6-18(7-5-17)14-25-11-9-22-16-25/h4-7,9,11,16,29H,3,8,10,12-15H2,1-2H3,(H,23,28). The first kappa shape index (κ1) is 20.9. The summed E-state index contributed by atoms with van der Waals surface area (Å²) in [7, 11) is 3.33. The van der Waals surface area contributed by atoms with E-state index in [1.807, 2.05) is 35.0 Å². The SMILES string of the molecule is CN(C)C(=O)CC1(O)CCCN(C(=O)NCc2ccc(Cn3ccnc3)cc2)C1. The quantitative estimate of drug-likeness (QED) is 0.769. The second-order valence-electron chi connectivity index (χ2n) is 7.92. The number of aliphatic hydroxyl groups is 1. The maximum absolute atomic E-state index is 12.6. The number of β-amino-alcohol motifs (C(OH)–C–C–N with tert-alkyl or cyclic N) is 1. The third kappa shape index (κ3) is 5.80. The van der Waals surface area contributed by atoms with E-state index in [9.17, 15) is 14.7 Å². The van der Waals surface area contributed by atoms with Gasteiger partial charge < -0.3 is 24.8 Å². The number of hydrogen-bond acceptors (Lipinski definition) is 4. The minimum Gasteiger partial charge on any atom is -0.387 e. The Morgan fingerprint density at radius 1 is 1.24 bits per heavy atom. The lowest BCUT2D eigenvalue weighted by atomic mass is 9.89. The van der Waals surface area contributed by atoms with E-state index in [4.69, 9.17) is 0 Å². The summed E-state index contributed by atoms with van der Waals surface area (Å²) in [5.41, 5.74) is 0.999. The van der Waals surface area contributed by atoms with Crippen molar-refractivity contribution in [2.45, 2.75) is 38.0 Å². The number of likely N-dealkylation sites (tertiary alicyclic amines) is 1. The van der Waals surface area contributed by atoms with Gasteiger partial charge in [-0.05, 0) is 24.0 Å². The van der Waals surface area contributed by atoms with Gasteiger partial charge in [0.1, 0.15) is 0 Å². The van der Waals surface area contributed by atoms with Crippen molar-refractivity contribution < 1.29 is 14.7 Å². The number of amides is 3. The molecule has 3 amide bonds. The lowest BCUT2D eigenvalue weighted by molar-refractivity contribution is -0.135. The third-order valence-electron chi connectivity index (χ3n) is 5.21. The zero-order valence-electron chi connectivity index (χ0n) is 17.0. The molecule has 1 aliphatic heterocycles. The van der Waals surface area contributed by atoms with Crippen molar-refractivity contribution in [1.29, 1.82) is 0 Å². The molecule has 0 radical (unpaired) electrons. The number of urea groups is 1. The van der Waals surface area contributed by atoms with Crippen molar-refractivity contribution in [1.82, 2.24) is 24.7 Å². The molecular formula is C21H29N5O3. The molecule has 0 bridgehead atoms. The Balaban J connectivity index is 1.50. The Hall–Kier alpha value is -2.87. The molecule has 1 unspecified atom stereocenters. The molecule has 0 aliphatic carbocycles. The molecule has 1 fully saturated rings. The summed E-state index contributed by atoms with van der Waals surface area (Å²) < 4.78 is 2.00. The number of hydrogen-bond donors (Lipinski definition) is 2. The second-order valence-corrected chi connectivity index (χ2v) is 7.92. The van der Waals surface area contributed by atoms with E-state index in [0.717, 1.165) is 17.7 Å². The van der Waals surface area contributed by atoms with Gasteiger partial charge >= 0.3 is 6.03 Å². The van der Waals surface area contributed by atoms with Gasteiger partial charge in [0, 0.05) is 46.1 Å². The minimum absolute atomic E-state index is 0.0299. The first-order chi connectivity index (χ1) is 13.8. The fourth-order valence-electron chi connectivity index (χ4n) is 3.51. The largest absolute Gasteiger partial charge is 0.387 e. The Bertz CT molecular complexity index is 819. The highest BCUT2D eigenvalue weighted by Crippen LogP contribution is 2.25. The average Bonchev–Trinajstić information content (AvgIpc) is 3.20. The topological polar surface area (TPSA) is 90.7 Å². The van der Waals surface area contributed by atoms with Crippen LogP contribution in [0.4, 0.5) is 4.79 Å². The number of rotatable bonds is 6. The van der Waals surface area contributed by atoms with Gasteiger partial charge in [-0.15, -0.1) is 0 Å². The first-order valence-corrected chi connectivity index (χ1v) is 9.83. The zero-order valence-corrected chi connectivity index (χ0v) is 17.0. The third-order valence-corrected chi connectivity index (χ3v) is 5.21. The predicted molar refractivity (Wildman–Crippen MR) is 109 cm³/mol. The summed E-state index contributed by atoms with van der Waals surface area (Å²) in [6, 6.07) is 7.84. The van der Waals surface area contributed by atoms with Crippen molar-refractivity contribution in [3.05, 3.63) is 54.1 Å². The molecule has 1 aromatic carbocycles. The number of carbonyl (C=O) groups excluding carboxylic acids is 2. The zero-order chi connectivity index (χ0) is 20.9. The second kappa shape index (κ2) is 9.09. The number of piperidine rings is 1. The number of nitrogens with zero attached hydrogens (tertiary/aromatic N) is 4. The molecule has 3 rings (SSSR count). The summed E-state index contributed by atoms with van der Waals surface area (Å²) in [5.74, 6) is -0.134. The molecule has 156 valence electrons. The molecule has 0 spiro atoms. The van der Waals surface area contributed by atoms with Crippen LogP contribution in [-0.2, 0) is 17.9 Å². The molecule has 8 heteroatoms. The van der Waals surface area contributed by atoms with Crippen LogP contribution in [0.3, 0.4) is 0 Å². The van der Waals surface area contributed by atoms with Crippen LogP contribution in [0.25, 0.3) is 0 Å². The van der Waals surface area contributed by atoms with Crippen molar-refractivity contribution in [3.8, 4) is 0 Å². The van der Waals surface area contributed by atoms with Crippen LogP contribution >= 0.6 is 0 Å². The number of benzene rings is 1. The van der Waals surface area contributed by atoms with Crippen molar-refractivity contribution in [2.75, 3.05) is 27.2 Å². The highest BCUT2D eigenvalue weighted by molar-refractivity contribution is 5.77. The van der Waals surface area contributed by atoms with Gasteiger partial charge in [-0.3, -0.25) is 4.79 Å². The van der Waals surface area contributed by atoms with Crippen LogP contribution in [0.1, 0.15) is 30.4 Å². The summed E-state index contributed by atoms with van der Waals surface area (Å²) in [6.07, 6.45) is 6.67. The molecule has 8 nitrogen and oxygen atoms in total. The van der Waals surface area contributed by atoms with Gasteiger partial charge in [0.2, 0.25) is 5.91 Å². The highest BCUT2D eigenvalue weighted by atomic mass is 16.3. The van der Waals surface area contributed by atoms with Gasteiger partial charge in [-0.25, -0.2) is 9.78 Å². The smallest absolute Gasteiger partial charge is 0.317 e. The predicted octanol–water partition coefficient (Wildman–Crippen LogP) is 1.45. The molecule has 0 saturated carbocycles. The molecule has 29 heavy (non-hydrogen) atoms. The molecule has 2 N–H and O–H groups in total. The minimum atomic E-state index is -1.16. The van der Waals surface area contributed by atoms with Gasteiger partial charge in [-0.2, -0.15) is 0 Å². The van der Waals surface area contributed by atoms with Gasteiger partial charge in [-0.1, -0.05) is 24.3 Å². The van der Waals surface area contributed by atoms with E-state index >= 15 is 0 Å². The van der Waals surface area contributed by atoms with E-state index in [1.54, 1.807) is 31.5 Å². The number of carbonyl (C=O) groups is 2. The summed E-state index contributed by atoms with van der Waals surface area (Å²) >= 11 is 0. The van der Waals surface area contributed by atoms with E-state index in [0.29, 0.717) is 25.9 Å². The van der Waals surface area contributed by atoms with Crippen LogP contribution < -0.4 is 5.32 Å². The highest BCUT2D eigenvalue weighted by Gasteiger charge is 2.37. The molecule has 1 saturated heterocycles. The summed E-state index contributed by atoms with van der Waals surface area (Å²) in [6.45, 7) is 1.91. The van der Waals surface area contributed by atoms with Crippen LogP contribution in [0, 0.1) is 0 Å². The Morgan fingerprint density at radius 2 is 1.97 bits per heavy atom. The molecular weight excluding hydrogens is 370 g/mol. The lowest BCUT2D eigenvalue weighted by Crippen LogP contribution is -2.54. The lowest BCUT2D eigenvalue weighted by Gasteiger charge is -2.39. The number of imidazole rings is 1. The van der Waals surface area contributed by atoms with Crippen molar-refractivity contribution in [3.63, 3.8) is 0 Å². The van der Waals surface area contributed by atoms with Gasteiger partial charge in [0.05, 0.1) is 24.9 Å². The van der Waals surface area contributed by atoms with Crippen LogP contribution in [0.5, 0.6) is 0 Å². The van der Waals surface area contributed by atoms with E-state index in [2.05, 4.69) is 10.3 Å². The number of nitrogens with one attached hydrogen (secondary N) is 1. The maximum Gasteiger partial charge on any atom is 0.317 e. The van der Waals surface area contributed by atoms with Crippen LogP contribution in [0.15, 0.2) is 43.0 Å². The number of aromatic nitrogens is 2. The molecule has 1 aliphatic rings. The van der Waals surface area contributed by atoms with Crippen molar-refractivity contribution in [2.24, 2.45) is 0 Å². The maximum atomic E-state index is 12.6. The van der Waals surface area contributed by atoms with Crippen LogP contribution in [0.2, 0.25) is 0 Å².